The lowest BCUT2D eigenvalue weighted by Gasteiger charge is -2.09. The first-order chi connectivity index (χ1) is 9.52. The van der Waals surface area contributed by atoms with Crippen LogP contribution in [-0.2, 0) is 9.59 Å². The fourth-order valence-electron chi connectivity index (χ4n) is 1.59. The number of nitrogens with one attached hydrogen (secondary N) is 2. The first-order valence-corrected chi connectivity index (χ1v) is 6.76. The van der Waals surface area contributed by atoms with Crippen molar-refractivity contribution < 1.29 is 14.3 Å². The van der Waals surface area contributed by atoms with E-state index in [-0.39, 0.29) is 24.8 Å². The van der Waals surface area contributed by atoms with E-state index in [9.17, 15) is 9.59 Å². The van der Waals surface area contributed by atoms with E-state index in [4.69, 9.17) is 4.74 Å². The predicted molar refractivity (Wildman–Crippen MR) is 77.7 cm³/mol. The highest BCUT2D eigenvalue weighted by molar-refractivity contribution is 5.84. The van der Waals surface area contributed by atoms with Crippen LogP contribution in [0.3, 0.4) is 0 Å². The molecular formula is C15H22N2O3. The topological polar surface area (TPSA) is 67.4 Å². The molecule has 0 saturated carbocycles. The first kappa shape index (κ1) is 16.0. The quantitative estimate of drug-likeness (QED) is 0.790. The Labute approximate surface area is 119 Å². The zero-order chi connectivity index (χ0) is 15.0. The Morgan fingerprint density at radius 1 is 1.10 bits per heavy atom. The van der Waals surface area contributed by atoms with Crippen molar-refractivity contribution in [1.29, 1.82) is 0 Å². The zero-order valence-electron chi connectivity index (χ0n) is 12.3. The Hall–Kier alpha value is -2.04. The van der Waals surface area contributed by atoms with Crippen LogP contribution in [0, 0.1) is 13.8 Å². The number of amides is 2. The summed E-state index contributed by atoms with van der Waals surface area (Å²) in [5, 5.41) is 5.15. The van der Waals surface area contributed by atoms with Crippen LogP contribution < -0.4 is 15.4 Å². The van der Waals surface area contributed by atoms with E-state index >= 15 is 0 Å². The Morgan fingerprint density at radius 2 is 1.85 bits per heavy atom. The molecule has 110 valence electrons. The average molecular weight is 278 g/mol. The molecule has 0 aromatic heterocycles. The number of rotatable bonds is 7. The molecule has 0 saturated heterocycles. The van der Waals surface area contributed by atoms with Crippen LogP contribution in [0.25, 0.3) is 0 Å². The van der Waals surface area contributed by atoms with Crippen LogP contribution in [-0.4, -0.2) is 31.5 Å². The molecule has 0 fully saturated rings. The van der Waals surface area contributed by atoms with Crippen LogP contribution in [0.2, 0.25) is 0 Å². The fourth-order valence-corrected chi connectivity index (χ4v) is 1.59. The van der Waals surface area contributed by atoms with Gasteiger partial charge in [-0.3, -0.25) is 9.59 Å². The normalized spacial score (nSPS) is 9.95. The lowest BCUT2D eigenvalue weighted by molar-refractivity contribution is -0.126. The Balaban J connectivity index is 2.24. The maximum atomic E-state index is 11.5. The third-order valence-electron chi connectivity index (χ3n) is 2.90. The summed E-state index contributed by atoms with van der Waals surface area (Å²) in [6, 6.07) is 5.82. The summed E-state index contributed by atoms with van der Waals surface area (Å²) in [6.07, 6.45) is 0.229. The lowest BCUT2D eigenvalue weighted by atomic mass is 10.1. The molecule has 5 nitrogen and oxygen atoms in total. The van der Waals surface area contributed by atoms with Gasteiger partial charge in [0.1, 0.15) is 5.75 Å². The third-order valence-corrected chi connectivity index (χ3v) is 2.90. The van der Waals surface area contributed by atoms with Gasteiger partial charge in [0.15, 0.2) is 0 Å². The van der Waals surface area contributed by atoms with E-state index < -0.39 is 0 Å². The number of hydrogen-bond donors (Lipinski definition) is 2. The summed E-state index contributed by atoms with van der Waals surface area (Å²) in [7, 11) is 0. The summed E-state index contributed by atoms with van der Waals surface area (Å²) in [6.45, 7) is 6.75. The summed E-state index contributed by atoms with van der Waals surface area (Å²) in [4.78, 5) is 22.6. The molecule has 0 aliphatic rings. The molecule has 1 aromatic carbocycles. The van der Waals surface area contributed by atoms with Crippen molar-refractivity contribution in [2.45, 2.75) is 27.2 Å². The lowest BCUT2D eigenvalue weighted by Crippen LogP contribution is -2.37. The van der Waals surface area contributed by atoms with Gasteiger partial charge in [0.05, 0.1) is 19.6 Å². The summed E-state index contributed by atoms with van der Waals surface area (Å²) < 4.78 is 5.51. The molecule has 0 unspecified atom stereocenters. The van der Waals surface area contributed by atoms with Crippen molar-refractivity contribution in [3.63, 3.8) is 0 Å². The molecule has 1 rings (SSSR count). The number of carbonyl (C=O) groups excluding carboxylic acids is 2. The Bertz CT molecular complexity index is 472. The van der Waals surface area contributed by atoms with Gasteiger partial charge in [-0.25, -0.2) is 0 Å². The van der Waals surface area contributed by atoms with E-state index in [2.05, 4.69) is 10.6 Å². The highest BCUT2D eigenvalue weighted by Crippen LogP contribution is 2.16. The molecule has 0 aliphatic carbocycles. The van der Waals surface area contributed by atoms with Crippen molar-refractivity contribution >= 4 is 11.8 Å². The van der Waals surface area contributed by atoms with Gasteiger partial charge in [-0.05, 0) is 44.0 Å². The van der Waals surface area contributed by atoms with E-state index in [0.29, 0.717) is 13.2 Å². The first-order valence-electron chi connectivity index (χ1n) is 6.76. The minimum Gasteiger partial charge on any atom is -0.493 e. The monoisotopic (exact) mass is 278 g/mol. The molecule has 2 N–H and O–H groups in total. The van der Waals surface area contributed by atoms with Gasteiger partial charge in [-0.15, -0.1) is 0 Å². The molecule has 0 atom stereocenters. The highest BCUT2D eigenvalue weighted by atomic mass is 16.5. The van der Waals surface area contributed by atoms with Gasteiger partial charge in [-0.2, -0.15) is 0 Å². The molecule has 0 heterocycles. The van der Waals surface area contributed by atoms with E-state index in [1.54, 1.807) is 0 Å². The van der Waals surface area contributed by atoms with Crippen molar-refractivity contribution in [2.24, 2.45) is 0 Å². The van der Waals surface area contributed by atoms with E-state index in [1.165, 1.54) is 5.56 Å². The predicted octanol–water partition coefficient (Wildman–Crippen LogP) is 1.32. The number of carbonyl (C=O) groups is 2. The highest BCUT2D eigenvalue weighted by Gasteiger charge is 2.05. The molecule has 5 heteroatoms. The van der Waals surface area contributed by atoms with Gasteiger partial charge >= 0.3 is 0 Å². The van der Waals surface area contributed by atoms with Gasteiger partial charge in [0.25, 0.3) is 0 Å². The molecule has 1 aromatic rings. The average Bonchev–Trinajstić information content (AvgIpc) is 2.41. The Morgan fingerprint density at radius 3 is 2.50 bits per heavy atom. The van der Waals surface area contributed by atoms with Crippen LogP contribution >= 0.6 is 0 Å². The summed E-state index contributed by atoms with van der Waals surface area (Å²) in [5.41, 5.74) is 2.36. The summed E-state index contributed by atoms with van der Waals surface area (Å²) >= 11 is 0. The number of hydrogen-bond acceptors (Lipinski definition) is 3. The van der Waals surface area contributed by atoms with Gasteiger partial charge < -0.3 is 15.4 Å². The second-order valence-corrected chi connectivity index (χ2v) is 4.57. The maximum Gasteiger partial charge on any atom is 0.239 e. The molecule has 0 aliphatic heterocycles. The Kier molecular flexibility index (Phi) is 6.56. The standard InChI is InChI=1S/C15H22N2O3/c1-4-16-15(19)10-17-14(18)7-8-20-13-6-5-11(2)12(3)9-13/h5-6,9H,4,7-8,10H2,1-3H3,(H,16,19)(H,17,18). The second-order valence-electron chi connectivity index (χ2n) is 4.57. The molecule has 0 radical (unpaired) electrons. The molecular weight excluding hydrogens is 256 g/mol. The van der Waals surface area contributed by atoms with Crippen LogP contribution in [0.4, 0.5) is 0 Å². The number of ether oxygens (including phenoxy) is 1. The van der Waals surface area contributed by atoms with E-state index in [1.807, 2.05) is 39.0 Å². The number of likely N-dealkylation sites (N-methyl/N-ethyl adjacent to an activating group) is 1. The summed E-state index contributed by atoms with van der Waals surface area (Å²) in [5.74, 6) is 0.376. The van der Waals surface area contributed by atoms with Gasteiger partial charge in [-0.1, -0.05) is 6.07 Å². The van der Waals surface area contributed by atoms with Crippen molar-refractivity contribution in [3.05, 3.63) is 29.3 Å². The minimum atomic E-state index is -0.194. The van der Waals surface area contributed by atoms with Crippen molar-refractivity contribution in [1.82, 2.24) is 10.6 Å². The molecule has 2 amide bonds. The van der Waals surface area contributed by atoms with Crippen LogP contribution in [0.1, 0.15) is 24.5 Å². The maximum absolute atomic E-state index is 11.5. The van der Waals surface area contributed by atoms with Gasteiger partial charge in [0.2, 0.25) is 11.8 Å². The van der Waals surface area contributed by atoms with Crippen molar-refractivity contribution in [2.75, 3.05) is 19.7 Å². The second kappa shape index (κ2) is 8.19. The van der Waals surface area contributed by atoms with E-state index in [0.717, 1.165) is 11.3 Å². The number of aryl methyl sites for hydroxylation is 2. The molecule has 20 heavy (non-hydrogen) atoms. The largest absolute Gasteiger partial charge is 0.493 e. The fraction of sp³-hybridized carbons (Fsp3) is 0.467. The molecule has 0 bridgehead atoms. The van der Waals surface area contributed by atoms with Crippen LogP contribution in [0.5, 0.6) is 5.75 Å². The van der Waals surface area contributed by atoms with Crippen molar-refractivity contribution in [3.8, 4) is 5.75 Å². The SMILES string of the molecule is CCNC(=O)CNC(=O)CCOc1ccc(C)c(C)c1. The van der Waals surface area contributed by atoms with Gasteiger partial charge in [0, 0.05) is 6.54 Å². The minimum absolute atomic E-state index is 0.0102. The zero-order valence-corrected chi connectivity index (χ0v) is 12.3. The van der Waals surface area contributed by atoms with Crippen LogP contribution in [0.15, 0.2) is 18.2 Å². The third kappa shape index (κ3) is 5.73. The smallest absolute Gasteiger partial charge is 0.239 e. The number of benzene rings is 1. The molecule has 0 spiro atoms.